The number of hydrogen-bond acceptors (Lipinski definition) is 4. The molecule has 0 radical (unpaired) electrons. The summed E-state index contributed by atoms with van der Waals surface area (Å²) in [6, 6.07) is 9.66. The molecule has 0 aliphatic carbocycles. The first kappa shape index (κ1) is 13.6. The minimum atomic E-state index is -0.0996. The van der Waals surface area contributed by atoms with Gasteiger partial charge in [0.2, 0.25) is 0 Å². The summed E-state index contributed by atoms with van der Waals surface area (Å²) < 4.78 is 6.81. The molecule has 1 amide bonds. The van der Waals surface area contributed by atoms with Crippen LogP contribution in [0.2, 0.25) is 0 Å². The molecule has 0 unspecified atom stereocenters. The van der Waals surface area contributed by atoms with E-state index in [2.05, 4.69) is 10.3 Å². The summed E-state index contributed by atoms with van der Waals surface area (Å²) in [4.78, 5) is 16.6. The molecule has 0 aliphatic heterocycles. The molecule has 0 spiro atoms. The second-order valence-electron chi connectivity index (χ2n) is 4.65. The van der Waals surface area contributed by atoms with Crippen LogP contribution in [-0.4, -0.2) is 17.9 Å². The Morgan fingerprint density at radius 2 is 2.00 bits per heavy atom. The minimum Gasteiger partial charge on any atom is -0.455 e. The highest BCUT2D eigenvalue weighted by Crippen LogP contribution is 2.34. The van der Waals surface area contributed by atoms with Gasteiger partial charge in [0.1, 0.15) is 5.75 Å². The van der Waals surface area contributed by atoms with Gasteiger partial charge in [-0.15, -0.1) is 11.3 Å². The predicted octanol–water partition coefficient (Wildman–Crippen LogP) is 3.76. The van der Waals surface area contributed by atoms with Crippen molar-refractivity contribution in [3.8, 4) is 11.5 Å². The third-order valence-corrected chi connectivity index (χ3v) is 4.18. The molecule has 2 heterocycles. The van der Waals surface area contributed by atoms with E-state index in [4.69, 9.17) is 4.74 Å². The molecule has 0 fully saturated rings. The summed E-state index contributed by atoms with van der Waals surface area (Å²) in [7, 11) is 1.62. The third kappa shape index (κ3) is 2.73. The van der Waals surface area contributed by atoms with E-state index in [9.17, 15) is 4.79 Å². The number of ether oxygens (including phenoxy) is 1. The average molecular weight is 298 g/mol. The van der Waals surface area contributed by atoms with Crippen molar-refractivity contribution in [1.82, 2.24) is 10.3 Å². The van der Waals surface area contributed by atoms with Crippen LogP contribution >= 0.6 is 11.3 Å². The number of nitrogens with zero attached hydrogens (tertiary/aromatic N) is 1. The molecule has 4 nitrogen and oxygen atoms in total. The van der Waals surface area contributed by atoms with E-state index in [1.807, 2.05) is 37.3 Å². The topological polar surface area (TPSA) is 51.2 Å². The number of aryl methyl sites for hydroxylation is 1. The van der Waals surface area contributed by atoms with Crippen molar-refractivity contribution in [3.05, 3.63) is 53.2 Å². The number of rotatable bonds is 3. The Hall–Kier alpha value is -2.40. The lowest BCUT2D eigenvalue weighted by Crippen LogP contribution is -2.15. The smallest absolute Gasteiger partial charge is 0.261 e. The number of nitrogens with one attached hydrogen (secondary N) is 1. The Kier molecular flexibility index (Phi) is 3.58. The summed E-state index contributed by atoms with van der Waals surface area (Å²) in [6.45, 7) is 2.03. The van der Waals surface area contributed by atoms with Crippen LogP contribution in [0.3, 0.4) is 0 Å². The number of amides is 1. The van der Waals surface area contributed by atoms with E-state index in [1.165, 1.54) is 16.9 Å². The van der Waals surface area contributed by atoms with Gasteiger partial charge in [0.25, 0.3) is 5.91 Å². The Balaban J connectivity index is 2.00. The molecular formula is C16H14N2O2S. The summed E-state index contributed by atoms with van der Waals surface area (Å²) in [5.74, 6) is 1.31. The van der Waals surface area contributed by atoms with Gasteiger partial charge in [-0.1, -0.05) is 17.7 Å². The van der Waals surface area contributed by atoms with E-state index < -0.39 is 0 Å². The predicted molar refractivity (Wildman–Crippen MR) is 84.3 cm³/mol. The van der Waals surface area contributed by atoms with Gasteiger partial charge >= 0.3 is 0 Å². The molecule has 0 saturated carbocycles. The SMILES string of the molecule is CNC(=O)c1cc2c(Oc3ccc(C)cc3)cncc2s1. The van der Waals surface area contributed by atoms with Gasteiger partial charge in [-0.2, -0.15) is 0 Å². The van der Waals surface area contributed by atoms with Gasteiger partial charge in [0, 0.05) is 18.6 Å². The number of carbonyl (C=O) groups is 1. The fraction of sp³-hybridized carbons (Fsp3) is 0.125. The lowest BCUT2D eigenvalue weighted by Gasteiger charge is -2.06. The van der Waals surface area contributed by atoms with Crippen LogP contribution in [0.1, 0.15) is 15.2 Å². The number of fused-ring (bicyclic) bond motifs is 1. The summed E-state index contributed by atoms with van der Waals surface area (Å²) in [5, 5.41) is 3.53. The molecule has 3 rings (SSSR count). The standard InChI is InChI=1S/C16H14N2O2S/c1-10-3-5-11(6-4-10)20-13-8-18-9-15-12(13)7-14(21-15)16(19)17-2/h3-9H,1-2H3,(H,17,19). The summed E-state index contributed by atoms with van der Waals surface area (Å²) in [6.07, 6.45) is 3.41. The first-order chi connectivity index (χ1) is 10.2. The number of carbonyl (C=O) groups excluding carboxylic acids is 1. The summed E-state index contributed by atoms with van der Waals surface area (Å²) in [5.41, 5.74) is 1.18. The van der Waals surface area contributed by atoms with Gasteiger partial charge in [-0.05, 0) is 25.1 Å². The molecule has 1 N–H and O–H groups in total. The number of benzene rings is 1. The third-order valence-electron chi connectivity index (χ3n) is 3.11. The van der Waals surface area contributed by atoms with Gasteiger partial charge in [-0.25, -0.2) is 0 Å². The second-order valence-corrected chi connectivity index (χ2v) is 5.74. The van der Waals surface area contributed by atoms with E-state index >= 15 is 0 Å². The maximum atomic E-state index is 11.7. The van der Waals surface area contributed by atoms with Crippen LogP contribution < -0.4 is 10.1 Å². The first-order valence-corrected chi connectivity index (χ1v) is 7.33. The Labute approximate surface area is 126 Å². The lowest BCUT2D eigenvalue weighted by molar-refractivity contribution is 0.0967. The van der Waals surface area contributed by atoms with Crippen molar-refractivity contribution in [2.24, 2.45) is 0 Å². The van der Waals surface area contributed by atoms with Gasteiger partial charge in [0.05, 0.1) is 15.8 Å². The monoisotopic (exact) mass is 298 g/mol. The van der Waals surface area contributed by atoms with Crippen LogP contribution in [0, 0.1) is 6.92 Å². The van der Waals surface area contributed by atoms with Crippen molar-refractivity contribution >= 4 is 27.3 Å². The highest BCUT2D eigenvalue weighted by molar-refractivity contribution is 7.20. The molecule has 3 aromatic rings. The molecule has 2 aromatic heterocycles. The molecule has 106 valence electrons. The van der Waals surface area contributed by atoms with Crippen LogP contribution in [0.15, 0.2) is 42.7 Å². The molecule has 0 atom stereocenters. The molecular weight excluding hydrogens is 284 g/mol. The molecule has 0 aliphatic rings. The van der Waals surface area contributed by atoms with Crippen LogP contribution in [0.25, 0.3) is 10.1 Å². The fourth-order valence-corrected chi connectivity index (χ4v) is 2.98. The highest BCUT2D eigenvalue weighted by atomic mass is 32.1. The molecule has 5 heteroatoms. The van der Waals surface area contributed by atoms with Gasteiger partial charge in [0.15, 0.2) is 5.75 Å². The normalized spacial score (nSPS) is 10.6. The zero-order chi connectivity index (χ0) is 14.8. The fourth-order valence-electron chi connectivity index (χ4n) is 1.99. The number of pyridine rings is 1. The van der Waals surface area contributed by atoms with E-state index in [0.29, 0.717) is 10.6 Å². The largest absolute Gasteiger partial charge is 0.455 e. The number of thiophene rings is 1. The number of aromatic nitrogens is 1. The lowest BCUT2D eigenvalue weighted by atomic mass is 10.2. The maximum absolute atomic E-state index is 11.7. The van der Waals surface area contributed by atoms with E-state index in [0.717, 1.165) is 15.8 Å². The van der Waals surface area contributed by atoms with Crippen LogP contribution in [-0.2, 0) is 0 Å². The van der Waals surface area contributed by atoms with Gasteiger partial charge in [-0.3, -0.25) is 9.78 Å². The van der Waals surface area contributed by atoms with Crippen molar-refractivity contribution in [2.45, 2.75) is 6.92 Å². The van der Waals surface area contributed by atoms with Crippen molar-refractivity contribution in [3.63, 3.8) is 0 Å². The molecule has 0 bridgehead atoms. The van der Waals surface area contributed by atoms with E-state index in [1.54, 1.807) is 19.4 Å². The Morgan fingerprint density at radius 1 is 1.24 bits per heavy atom. The first-order valence-electron chi connectivity index (χ1n) is 6.51. The molecule has 1 aromatic carbocycles. The van der Waals surface area contributed by atoms with E-state index in [-0.39, 0.29) is 5.91 Å². The quantitative estimate of drug-likeness (QED) is 0.801. The Morgan fingerprint density at radius 3 is 2.71 bits per heavy atom. The van der Waals surface area contributed by atoms with Crippen molar-refractivity contribution in [1.29, 1.82) is 0 Å². The number of hydrogen-bond donors (Lipinski definition) is 1. The van der Waals surface area contributed by atoms with Crippen molar-refractivity contribution in [2.75, 3.05) is 7.05 Å². The van der Waals surface area contributed by atoms with Crippen LogP contribution in [0.4, 0.5) is 0 Å². The molecule has 21 heavy (non-hydrogen) atoms. The zero-order valence-corrected chi connectivity index (χ0v) is 12.5. The second kappa shape index (κ2) is 5.54. The maximum Gasteiger partial charge on any atom is 0.261 e. The average Bonchev–Trinajstić information content (AvgIpc) is 2.94. The minimum absolute atomic E-state index is 0.0996. The highest BCUT2D eigenvalue weighted by Gasteiger charge is 2.12. The summed E-state index contributed by atoms with van der Waals surface area (Å²) >= 11 is 1.40. The Bertz CT molecular complexity index is 794. The molecule has 0 saturated heterocycles. The van der Waals surface area contributed by atoms with Crippen LogP contribution in [0.5, 0.6) is 11.5 Å². The van der Waals surface area contributed by atoms with Crippen molar-refractivity contribution < 1.29 is 9.53 Å². The van der Waals surface area contributed by atoms with Gasteiger partial charge < -0.3 is 10.1 Å². The zero-order valence-electron chi connectivity index (χ0n) is 11.7.